The van der Waals surface area contributed by atoms with Crippen LogP contribution in [-0.2, 0) is 4.74 Å². The number of benzene rings is 1. The Bertz CT molecular complexity index is 524. The second-order valence-electron chi connectivity index (χ2n) is 5.84. The van der Waals surface area contributed by atoms with Gasteiger partial charge in [0.15, 0.2) is 5.96 Å². The van der Waals surface area contributed by atoms with Gasteiger partial charge in [0.1, 0.15) is 0 Å². The Balaban J connectivity index is 2.46. The fourth-order valence-corrected chi connectivity index (χ4v) is 2.47. The van der Waals surface area contributed by atoms with Gasteiger partial charge in [0, 0.05) is 16.7 Å². The van der Waals surface area contributed by atoms with Crippen molar-refractivity contribution in [3.05, 3.63) is 33.8 Å². The van der Waals surface area contributed by atoms with Crippen molar-refractivity contribution < 1.29 is 9.84 Å². The Labute approximate surface area is 147 Å². The quantitative estimate of drug-likeness (QED) is 0.491. The molecule has 0 heterocycles. The lowest BCUT2D eigenvalue weighted by Gasteiger charge is -2.17. The van der Waals surface area contributed by atoms with Gasteiger partial charge in [-0.2, -0.15) is 0 Å². The molecular formula is C16H25Cl2N3O2. The highest BCUT2D eigenvalue weighted by atomic mass is 35.5. The van der Waals surface area contributed by atoms with E-state index in [0.717, 1.165) is 5.56 Å². The van der Waals surface area contributed by atoms with E-state index in [2.05, 4.69) is 24.2 Å². The third-order valence-corrected chi connectivity index (χ3v) is 3.59. The molecule has 4 N–H and O–H groups in total. The largest absolute Gasteiger partial charge is 0.389 e. The number of aliphatic imine (C=N–C) groups is 1. The Morgan fingerprint density at radius 2 is 2.00 bits per heavy atom. The third-order valence-electron chi connectivity index (χ3n) is 3.03. The summed E-state index contributed by atoms with van der Waals surface area (Å²) in [5.74, 6) is 0.675. The van der Waals surface area contributed by atoms with E-state index >= 15 is 0 Å². The van der Waals surface area contributed by atoms with Gasteiger partial charge in [-0.25, -0.2) is 0 Å². The molecule has 2 unspecified atom stereocenters. The zero-order valence-corrected chi connectivity index (χ0v) is 15.2. The van der Waals surface area contributed by atoms with Crippen molar-refractivity contribution in [1.82, 2.24) is 5.32 Å². The maximum atomic E-state index is 9.79. The van der Waals surface area contributed by atoms with Crippen LogP contribution in [0.15, 0.2) is 23.2 Å². The van der Waals surface area contributed by atoms with Crippen molar-refractivity contribution in [2.45, 2.75) is 32.9 Å². The fourth-order valence-electron chi connectivity index (χ4n) is 1.89. The molecule has 2 atom stereocenters. The molecule has 0 saturated carbocycles. The van der Waals surface area contributed by atoms with Crippen LogP contribution in [0.3, 0.4) is 0 Å². The second-order valence-corrected chi connectivity index (χ2v) is 6.69. The number of nitrogens with two attached hydrogens (primary N) is 1. The molecule has 1 aromatic carbocycles. The number of aliphatic hydroxyl groups excluding tert-OH is 1. The number of rotatable bonds is 8. The van der Waals surface area contributed by atoms with Crippen LogP contribution in [0.4, 0.5) is 0 Å². The summed E-state index contributed by atoms with van der Waals surface area (Å²) in [5.41, 5.74) is 6.71. The van der Waals surface area contributed by atoms with Crippen molar-refractivity contribution in [3.8, 4) is 0 Å². The Hall–Kier alpha value is -1.01. The first-order chi connectivity index (χ1) is 10.8. The van der Waals surface area contributed by atoms with E-state index in [1.807, 2.05) is 13.0 Å². The van der Waals surface area contributed by atoms with Gasteiger partial charge in [0.25, 0.3) is 0 Å². The topological polar surface area (TPSA) is 79.9 Å². The van der Waals surface area contributed by atoms with Crippen LogP contribution in [0.25, 0.3) is 0 Å². The van der Waals surface area contributed by atoms with Gasteiger partial charge in [-0.1, -0.05) is 43.1 Å². The van der Waals surface area contributed by atoms with Crippen molar-refractivity contribution in [3.63, 3.8) is 0 Å². The monoisotopic (exact) mass is 361 g/mol. The highest BCUT2D eigenvalue weighted by Crippen LogP contribution is 2.25. The molecule has 0 radical (unpaired) electrons. The van der Waals surface area contributed by atoms with Crippen LogP contribution in [0.2, 0.25) is 10.0 Å². The van der Waals surface area contributed by atoms with Gasteiger partial charge < -0.3 is 20.9 Å². The van der Waals surface area contributed by atoms with Gasteiger partial charge >= 0.3 is 0 Å². The number of guanidine groups is 1. The predicted molar refractivity (Wildman–Crippen MR) is 96.2 cm³/mol. The third kappa shape index (κ3) is 7.88. The molecular weight excluding hydrogens is 337 g/mol. The van der Waals surface area contributed by atoms with Gasteiger partial charge in [-0.3, -0.25) is 4.99 Å². The molecule has 0 amide bonds. The Kier molecular flexibility index (Phi) is 8.69. The molecule has 0 aliphatic carbocycles. The Morgan fingerprint density at radius 1 is 1.30 bits per heavy atom. The number of aliphatic hydroxyl groups is 1. The van der Waals surface area contributed by atoms with Crippen molar-refractivity contribution in [1.29, 1.82) is 0 Å². The first kappa shape index (κ1) is 20.0. The predicted octanol–water partition coefficient (Wildman–Crippen LogP) is 2.99. The maximum absolute atomic E-state index is 9.79. The van der Waals surface area contributed by atoms with Crippen LogP contribution in [-0.4, -0.2) is 36.9 Å². The summed E-state index contributed by atoms with van der Waals surface area (Å²) in [6.07, 6.45) is -0.677. The summed E-state index contributed by atoms with van der Waals surface area (Å²) >= 11 is 12.0. The van der Waals surface area contributed by atoms with Crippen LogP contribution in [0, 0.1) is 5.92 Å². The minimum Gasteiger partial charge on any atom is -0.389 e. The van der Waals surface area contributed by atoms with Crippen LogP contribution >= 0.6 is 23.2 Å². The van der Waals surface area contributed by atoms with E-state index < -0.39 is 6.10 Å². The zero-order valence-electron chi connectivity index (χ0n) is 13.7. The molecule has 1 rings (SSSR count). The van der Waals surface area contributed by atoms with Crippen molar-refractivity contribution >= 4 is 29.2 Å². The van der Waals surface area contributed by atoms with E-state index in [0.29, 0.717) is 22.6 Å². The minimum absolute atomic E-state index is 0.127. The number of ether oxygens (including phenoxy) is 1. The molecule has 0 bridgehead atoms. The standard InChI is InChI=1S/C16H25Cl2N3O2/c1-10(2)8-23-9-13(22)7-20-16(19)21-11(3)14-5-4-12(17)6-15(14)18/h4-6,10-11,13,22H,7-9H2,1-3H3,(H3,19,20,21). The van der Waals surface area contributed by atoms with Gasteiger partial charge in [-0.15, -0.1) is 0 Å². The SMILES string of the molecule is CC(C)COCC(O)CN=C(N)NC(C)c1ccc(Cl)cc1Cl. The number of hydrogen-bond acceptors (Lipinski definition) is 3. The van der Waals surface area contributed by atoms with E-state index in [1.165, 1.54) is 0 Å². The van der Waals surface area contributed by atoms with Crippen LogP contribution in [0.1, 0.15) is 32.4 Å². The second kappa shape index (κ2) is 9.98. The summed E-state index contributed by atoms with van der Waals surface area (Å²) in [6, 6.07) is 5.16. The average Bonchev–Trinajstić information content (AvgIpc) is 2.44. The molecule has 5 nitrogen and oxygen atoms in total. The maximum Gasteiger partial charge on any atom is 0.189 e. The Morgan fingerprint density at radius 3 is 2.61 bits per heavy atom. The first-order valence-corrected chi connectivity index (χ1v) is 8.32. The lowest BCUT2D eigenvalue weighted by molar-refractivity contribution is 0.0301. The lowest BCUT2D eigenvalue weighted by Crippen LogP contribution is -2.35. The number of nitrogens with one attached hydrogen (secondary N) is 1. The number of nitrogens with zero attached hydrogens (tertiary/aromatic N) is 1. The highest BCUT2D eigenvalue weighted by molar-refractivity contribution is 6.35. The molecule has 0 aliphatic heterocycles. The van der Waals surface area contributed by atoms with E-state index in [1.54, 1.807) is 12.1 Å². The van der Waals surface area contributed by atoms with E-state index in [4.69, 9.17) is 33.7 Å². The summed E-state index contributed by atoms with van der Waals surface area (Å²) in [5, 5.41) is 14.0. The van der Waals surface area contributed by atoms with Gasteiger partial charge in [0.05, 0.1) is 25.3 Å². The molecule has 0 saturated heterocycles. The van der Waals surface area contributed by atoms with Gasteiger partial charge in [-0.05, 0) is 30.5 Å². The summed E-state index contributed by atoms with van der Waals surface area (Å²) < 4.78 is 5.36. The van der Waals surface area contributed by atoms with Crippen LogP contribution < -0.4 is 11.1 Å². The normalized spacial score (nSPS) is 14.8. The molecule has 7 heteroatoms. The lowest BCUT2D eigenvalue weighted by atomic mass is 10.1. The molecule has 0 aromatic heterocycles. The molecule has 0 spiro atoms. The smallest absolute Gasteiger partial charge is 0.189 e. The molecule has 130 valence electrons. The summed E-state index contributed by atoms with van der Waals surface area (Å²) in [4.78, 5) is 4.12. The zero-order chi connectivity index (χ0) is 17.4. The minimum atomic E-state index is -0.677. The highest BCUT2D eigenvalue weighted by Gasteiger charge is 2.11. The average molecular weight is 362 g/mol. The summed E-state index contributed by atoms with van der Waals surface area (Å²) in [7, 11) is 0. The molecule has 23 heavy (non-hydrogen) atoms. The van der Waals surface area contributed by atoms with Crippen LogP contribution in [0.5, 0.6) is 0 Å². The van der Waals surface area contributed by atoms with E-state index in [-0.39, 0.29) is 25.2 Å². The summed E-state index contributed by atoms with van der Waals surface area (Å²) in [6.45, 7) is 7.05. The van der Waals surface area contributed by atoms with Crippen molar-refractivity contribution in [2.75, 3.05) is 19.8 Å². The van der Waals surface area contributed by atoms with E-state index in [9.17, 15) is 5.11 Å². The number of hydrogen-bond donors (Lipinski definition) is 3. The number of halogens is 2. The van der Waals surface area contributed by atoms with Gasteiger partial charge in [0.2, 0.25) is 0 Å². The molecule has 0 aliphatic rings. The van der Waals surface area contributed by atoms with Crippen molar-refractivity contribution in [2.24, 2.45) is 16.6 Å². The molecule has 1 aromatic rings. The molecule has 0 fully saturated rings. The fraction of sp³-hybridized carbons (Fsp3) is 0.562. The first-order valence-electron chi connectivity index (χ1n) is 7.56.